The van der Waals surface area contributed by atoms with Gasteiger partial charge in [-0.25, -0.2) is 0 Å². The summed E-state index contributed by atoms with van der Waals surface area (Å²) in [5.74, 6) is 0. The highest BCUT2D eigenvalue weighted by atomic mass is 35.5. The molecule has 0 amide bonds. The summed E-state index contributed by atoms with van der Waals surface area (Å²) in [6, 6.07) is 9.92. The summed E-state index contributed by atoms with van der Waals surface area (Å²) in [5, 5.41) is 0.835. The third-order valence-electron chi connectivity index (χ3n) is 4.51. The van der Waals surface area contributed by atoms with Crippen molar-refractivity contribution < 1.29 is 13.0 Å². The van der Waals surface area contributed by atoms with Gasteiger partial charge < -0.3 is 0 Å². The fourth-order valence-corrected chi connectivity index (χ4v) is 3.40. The zero-order chi connectivity index (χ0) is 19.0. The molecule has 0 atom stereocenters. The van der Waals surface area contributed by atoms with Crippen molar-refractivity contribution >= 4 is 33.1 Å². The van der Waals surface area contributed by atoms with E-state index in [0.29, 0.717) is 0 Å². The van der Waals surface area contributed by atoms with Crippen LogP contribution in [0.25, 0.3) is 0 Å². The highest BCUT2D eigenvalue weighted by molar-refractivity contribution is 7.85. The van der Waals surface area contributed by atoms with Crippen LogP contribution in [0.1, 0.15) is 37.5 Å². The molecule has 0 bridgehead atoms. The Balaban J connectivity index is 0.000000186. The van der Waals surface area contributed by atoms with E-state index in [2.05, 4.69) is 32.7 Å². The van der Waals surface area contributed by atoms with Gasteiger partial charge in [0.2, 0.25) is 0 Å². The van der Waals surface area contributed by atoms with Gasteiger partial charge in [0.05, 0.1) is 10.6 Å². The zero-order valence-corrected chi connectivity index (χ0v) is 16.5. The van der Waals surface area contributed by atoms with Crippen molar-refractivity contribution in [1.29, 1.82) is 0 Å². The number of fused-ring (bicyclic) bond motifs is 1. The van der Waals surface area contributed by atoms with Gasteiger partial charge in [-0.3, -0.25) is 9.55 Å². The molecule has 0 spiro atoms. The number of rotatable bonds is 1. The van der Waals surface area contributed by atoms with Crippen LogP contribution in [0.4, 0.5) is 5.69 Å². The van der Waals surface area contributed by atoms with Crippen molar-refractivity contribution in [1.82, 2.24) is 0 Å². The molecule has 4 nitrogen and oxygen atoms in total. The van der Waals surface area contributed by atoms with Crippen LogP contribution in [0.15, 0.2) is 46.3 Å². The zero-order valence-electron chi connectivity index (χ0n) is 15.0. The third-order valence-corrected chi connectivity index (χ3v) is 5.79. The first-order valence-corrected chi connectivity index (χ1v) is 9.66. The molecule has 2 aromatic rings. The Morgan fingerprint density at radius 1 is 1.00 bits per heavy atom. The molecule has 0 aliphatic carbocycles. The molecule has 6 heteroatoms. The van der Waals surface area contributed by atoms with Gasteiger partial charge in [0, 0.05) is 16.1 Å². The van der Waals surface area contributed by atoms with Crippen LogP contribution < -0.4 is 0 Å². The van der Waals surface area contributed by atoms with Crippen LogP contribution in [-0.2, 0) is 15.5 Å². The number of nitrogens with zero attached hydrogens (tertiary/aromatic N) is 1. The maximum Gasteiger partial charge on any atom is 0.294 e. The first kappa shape index (κ1) is 19.6. The molecule has 1 aliphatic heterocycles. The molecular weight excluding hydrogens is 358 g/mol. The number of hydrogen-bond acceptors (Lipinski definition) is 3. The van der Waals surface area contributed by atoms with Gasteiger partial charge in [0.15, 0.2) is 0 Å². The molecule has 0 saturated heterocycles. The summed E-state index contributed by atoms with van der Waals surface area (Å²) < 4.78 is 29.6. The SMILES string of the molecule is CC1=Nc2ccc(Cl)c(C)c2C1(C)C.Cc1ccc(S(=O)(=O)O)cc1. The minimum absolute atomic E-state index is 0.0321. The van der Waals surface area contributed by atoms with Crippen molar-refractivity contribution in [3.05, 3.63) is 58.1 Å². The van der Waals surface area contributed by atoms with Crippen molar-refractivity contribution in [3.63, 3.8) is 0 Å². The van der Waals surface area contributed by atoms with Gasteiger partial charge in [0.1, 0.15) is 0 Å². The summed E-state index contributed by atoms with van der Waals surface area (Å²) in [7, 11) is -4.02. The van der Waals surface area contributed by atoms with Crippen LogP contribution in [0, 0.1) is 13.8 Å². The molecule has 0 radical (unpaired) electrons. The lowest BCUT2D eigenvalue weighted by Crippen LogP contribution is -2.23. The second-order valence-electron chi connectivity index (χ2n) is 6.68. The van der Waals surface area contributed by atoms with E-state index >= 15 is 0 Å². The summed E-state index contributed by atoms with van der Waals surface area (Å²) in [5.41, 5.74) is 5.67. The van der Waals surface area contributed by atoms with E-state index in [9.17, 15) is 8.42 Å². The average Bonchev–Trinajstić information content (AvgIpc) is 2.73. The van der Waals surface area contributed by atoms with E-state index in [0.717, 1.165) is 27.5 Å². The van der Waals surface area contributed by atoms with Crippen molar-refractivity contribution in [2.24, 2.45) is 4.99 Å². The molecule has 0 saturated carbocycles. The second-order valence-corrected chi connectivity index (χ2v) is 8.51. The Labute approximate surface area is 154 Å². The van der Waals surface area contributed by atoms with Crippen LogP contribution >= 0.6 is 11.6 Å². The van der Waals surface area contributed by atoms with Gasteiger partial charge >= 0.3 is 0 Å². The predicted molar refractivity (Wildman–Crippen MR) is 103 cm³/mol. The van der Waals surface area contributed by atoms with Gasteiger partial charge in [-0.05, 0) is 56.2 Å². The molecule has 0 aromatic heterocycles. The van der Waals surface area contributed by atoms with Gasteiger partial charge in [-0.2, -0.15) is 8.42 Å². The lowest BCUT2D eigenvalue weighted by molar-refractivity contribution is 0.483. The normalized spacial score (nSPS) is 15.1. The molecule has 1 N–H and O–H groups in total. The van der Waals surface area contributed by atoms with Crippen molar-refractivity contribution in [2.45, 2.75) is 44.9 Å². The maximum absolute atomic E-state index is 10.5. The van der Waals surface area contributed by atoms with Gasteiger partial charge in [-0.15, -0.1) is 0 Å². The molecule has 1 aliphatic rings. The predicted octanol–water partition coefficient (Wildman–Crippen LogP) is 5.27. The fraction of sp³-hybridized carbons (Fsp3) is 0.316. The van der Waals surface area contributed by atoms with Gasteiger partial charge in [-0.1, -0.05) is 43.1 Å². The van der Waals surface area contributed by atoms with Crippen LogP contribution in [0.2, 0.25) is 5.02 Å². The Kier molecular flexibility index (Phi) is 5.42. The molecule has 3 rings (SSSR count). The third kappa shape index (κ3) is 4.11. The monoisotopic (exact) mass is 379 g/mol. The Morgan fingerprint density at radius 2 is 1.56 bits per heavy atom. The molecule has 25 heavy (non-hydrogen) atoms. The van der Waals surface area contributed by atoms with Gasteiger partial charge in [0.25, 0.3) is 10.1 Å². The van der Waals surface area contributed by atoms with E-state index in [4.69, 9.17) is 16.2 Å². The van der Waals surface area contributed by atoms with E-state index in [1.165, 1.54) is 17.7 Å². The second kappa shape index (κ2) is 6.90. The highest BCUT2D eigenvalue weighted by Gasteiger charge is 2.34. The number of halogens is 1. The Hall–Kier alpha value is -1.69. The minimum atomic E-state index is -4.02. The lowest BCUT2D eigenvalue weighted by Gasteiger charge is -2.22. The quantitative estimate of drug-likeness (QED) is 0.686. The number of aliphatic imine (C=N–C) groups is 1. The van der Waals surface area contributed by atoms with E-state index in [1.54, 1.807) is 12.1 Å². The Bertz CT molecular complexity index is 930. The van der Waals surface area contributed by atoms with Crippen LogP contribution in [0.3, 0.4) is 0 Å². The number of aryl methyl sites for hydroxylation is 1. The van der Waals surface area contributed by atoms with Crippen LogP contribution in [-0.4, -0.2) is 18.7 Å². The number of hydrogen-bond donors (Lipinski definition) is 1. The fourth-order valence-electron chi connectivity index (χ4n) is 2.77. The smallest absolute Gasteiger partial charge is 0.282 e. The van der Waals surface area contributed by atoms with E-state index < -0.39 is 10.1 Å². The molecule has 1 heterocycles. The average molecular weight is 380 g/mol. The van der Waals surface area contributed by atoms with E-state index in [-0.39, 0.29) is 10.3 Å². The standard InChI is InChI=1S/C12H14ClN.C7H8O3S/c1-7-9(13)5-6-10-11(7)12(3,4)8(2)14-10;1-6-2-4-7(5-3-6)11(8,9)10/h5-6H,1-4H3;2-5H,1H3,(H,8,9,10). The molecule has 134 valence electrons. The molecule has 0 fully saturated rings. The number of benzene rings is 2. The summed E-state index contributed by atoms with van der Waals surface area (Å²) in [6.07, 6.45) is 0. The van der Waals surface area contributed by atoms with Crippen LogP contribution in [0.5, 0.6) is 0 Å². The van der Waals surface area contributed by atoms with E-state index in [1.807, 2.05) is 19.1 Å². The summed E-state index contributed by atoms with van der Waals surface area (Å²) in [6.45, 7) is 10.4. The minimum Gasteiger partial charge on any atom is -0.282 e. The summed E-state index contributed by atoms with van der Waals surface area (Å²) in [4.78, 5) is 4.50. The first-order valence-electron chi connectivity index (χ1n) is 7.84. The highest BCUT2D eigenvalue weighted by Crippen LogP contribution is 2.43. The van der Waals surface area contributed by atoms with Crippen molar-refractivity contribution in [2.75, 3.05) is 0 Å². The molecular formula is C19H22ClNO3S. The maximum atomic E-state index is 10.5. The molecule has 2 aromatic carbocycles. The van der Waals surface area contributed by atoms with Crippen molar-refractivity contribution in [3.8, 4) is 0 Å². The Morgan fingerprint density at radius 3 is 2.08 bits per heavy atom. The largest absolute Gasteiger partial charge is 0.294 e. The summed E-state index contributed by atoms with van der Waals surface area (Å²) >= 11 is 6.12. The topological polar surface area (TPSA) is 66.7 Å². The molecule has 0 unspecified atom stereocenters. The lowest BCUT2D eigenvalue weighted by atomic mass is 9.80. The first-order chi connectivity index (χ1) is 11.4.